The van der Waals surface area contributed by atoms with E-state index in [4.69, 9.17) is 16.7 Å². The molecule has 0 aliphatic rings. The number of carbonyl (C=O) groups is 1. The van der Waals surface area contributed by atoms with Crippen molar-refractivity contribution < 1.29 is 9.90 Å². The fourth-order valence-corrected chi connectivity index (χ4v) is 2.64. The largest absolute Gasteiger partial charge is 0.384 e. The number of aliphatic hydroxyl groups excluding tert-OH is 1. The number of rotatable bonds is 3. The Hall–Kier alpha value is -1.80. The predicted octanol–water partition coefficient (Wildman–Crippen LogP) is 3.24. The average Bonchev–Trinajstić information content (AvgIpc) is 2.94. The molecular formula is C16H14ClNO2S. The molecule has 5 heteroatoms. The lowest BCUT2D eigenvalue weighted by molar-refractivity contribution is 0.0940. The van der Waals surface area contributed by atoms with E-state index < -0.39 is 0 Å². The molecule has 0 saturated carbocycles. The van der Waals surface area contributed by atoms with Crippen molar-refractivity contribution in [3.8, 4) is 11.8 Å². The SMILES string of the molecule is CC(NC(=O)c1csc(C#CCO)c1)c1ccc(Cl)cc1. The molecule has 1 heterocycles. The quantitative estimate of drug-likeness (QED) is 0.853. The highest BCUT2D eigenvalue weighted by atomic mass is 35.5. The van der Waals surface area contributed by atoms with Gasteiger partial charge in [-0.1, -0.05) is 35.6 Å². The maximum Gasteiger partial charge on any atom is 0.252 e. The zero-order chi connectivity index (χ0) is 15.2. The van der Waals surface area contributed by atoms with Crippen molar-refractivity contribution in [2.45, 2.75) is 13.0 Å². The third-order valence-electron chi connectivity index (χ3n) is 2.87. The number of hydrogen-bond donors (Lipinski definition) is 2. The van der Waals surface area contributed by atoms with Crippen molar-refractivity contribution in [1.29, 1.82) is 0 Å². The molecule has 21 heavy (non-hydrogen) atoms. The van der Waals surface area contributed by atoms with Crippen LogP contribution in [0.15, 0.2) is 35.7 Å². The Labute approximate surface area is 132 Å². The summed E-state index contributed by atoms with van der Waals surface area (Å²) in [7, 11) is 0. The molecule has 1 amide bonds. The summed E-state index contributed by atoms with van der Waals surface area (Å²) in [6, 6.07) is 8.98. The number of halogens is 1. The first-order chi connectivity index (χ1) is 10.1. The smallest absolute Gasteiger partial charge is 0.252 e. The van der Waals surface area contributed by atoms with Crippen LogP contribution >= 0.6 is 22.9 Å². The molecule has 1 aromatic heterocycles. The first-order valence-electron chi connectivity index (χ1n) is 6.34. The number of carbonyl (C=O) groups excluding carboxylic acids is 1. The fraction of sp³-hybridized carbons (Fsp3) is 0.188. The third kappa shape index (κ3) is 4.33. The minimum Gasteiger partial charge on any atom is -0.384 e. The normalized spacial score (nSPS) is 11.4. The Balaban J connectivity index is 2.03. The summed E-state index contributed by atoms with van der Waals surface area (Å²) in [6.45, 7) is 1.73. The van der Waals surface area contributed by atoms with Gasteiger partial charge in [0, 0.05) is 10.4 Å². The van der Waals surface area contributed by atoms with Crippen LogP contribution in [0, 0.1) is 11.8 Å². The fourth-order valence-electron chi connectivity index (χ4n) is 1.76. The van der Waals surface area contributed by atoms with E-state index in [0.29, 0.717) is 10.6 Å². The van der Waals surface area contributed by atoms with Crippen molar-refractivity contribution in [2.75, 3.05) is 6.61 Å². The van der Waals surface area contributed by atoms with Gasteiger partial charge in [0.25, 0.3) is 5.91 Å². The summed E-state index contributed by atoms with van der Waals surface area (Å²) < 4.78 is 0. The molecule has 108 valence electrons. The molecule has 3 nitrogen and oxygen atoms in total. The topological polar surface area (TPSA) is 49.3 Å². The third-order valence-corrected chi connectivity index (χ3v) is 3.97. The Morgan fingerprint density at radius 3 is 2.81 bits per heavy atom. The van der Waals surface area contributed by atoms with Crippen molar-refractivity contribution in [3.05, 3.63) is 56.7 Å². The minimum atomic E-state index is -0.187. The maximum absolute atomic E-state index is 12.2. The van der Waals surface area contributed by atoms with Crippen LogP contribution < -0.4 is 5.32 Å². The molecular weight excluding hydrogens is 306 g/mol. The molecule has 0 radical (unpaired) electrons. The molecule has 0 spiro atoms. The van der Waals surface area contributed by atoms with Crippen LogP contribution in [0.25, 0.3) is 0 Å². The van der Waals surface area contributed by atoms with Gasteiger partial charge in [-0.15, -0.1) is 11.3 Å². The highest BCUT2D eigenvalue weighted by molar-refractivity contribution is 7.10. The minimum absolute atomic E-state index is 0.110. The summed E-state index contributed by atoms with van der Waals surface area (Å²) in [5.74, 6) is 5.20. The van der Waals surface area contributed by atoms with E-state index in [1.54, 1.807) is 23.6 Å². The maximum atomic E-state index is 12.2. The van der Waals surface area contributed by atoms with Crippen LogP contribution in [0.5, 0.6) is 0 Å². The number of hydrogen-bond acceptors (Lipinski definition) is 3. The van der Waals surface area contributed by atoms with Crippen molar-refractivity contribution in [1.82, 2.24) is 5.32 Å². The summed E-state index contributed by atoms with van der Waals surface area (Å²) in [5, 5.41) is 14.0. The lowest BCUT2D eigenvalue weighted by Crippen LogP contribution is -2.26. The van der Waals surface area contributed by atoms with E-state index >= 15 is 0 Å². The molecule has 0 aliphatic heterocycles. The molecule has 1 unspecified atom stereocenters. The Morgan fingerprint density at radius 1 is 1.43 bits per heavy atom. The van der Waals surface area contributed by atoms with Crippen molar-refractivity contribution in [2.24, 2.45) is 0 Å². The van der Waals surface area contributed by atoms with E-state index in [-0.39, 0.29) is 18.6 Å². The highest BCUT2D eigenvalue weighted by Gasteiger charge is 2.12. The van der Waals surface area contributed by atoms with E-state index in [1.807, 2.05) is 19.1 Å². The van der Waals surface area contributed by atoms with E-state index in [0.717, 1.165) is 10.4 Å². The van der Waals surface area contributed by atoms with Gasteiger partial charge < -0.3 is 10.4 Å². The van der Waals surface area contributed by atoms with Gasteiger partial charge in [-0.2, -0.15) is 0 Å². The molecule has 2 aromatic rings. The van der Waals surface area contributed by atoms with Gasteiger partial charge in [0.1, 0.15) is 6.61 Å². The monoisotopic (exact) mass is 319 g/mol. The van der Waals surface area contributed by atoms with Gasteiger partial charge in [-0.25, -0.2) is 0 Å². The zero-order valence-electron chi connectivity index (χ0n) is 11.4. The Kier molecular flexibility index (Phi) is 5.40. The lowest BCUT2D eigenvalue weighted by Gasteiger charge is -2.13. The number of benzene rings is 1. The predicted molar refractivity (Wildman–Crippen MR) is 85.6 cm³/mol. The van der Waals surface area contributed by atoms with Crippen molar-refractivity contribution in [3.63, 3.8) is 0 Å². The van der Waals surface area contributed by atoms with Crippen LogP contribution in [-0.4, -0.2) is 17.6 Å². The second-order valence-electron chi connectivity index (χ2n) is 4.41. The summed E-state index contributed by atoms with van der Waals surface area (Å²) in [4.78, 5) is 12.9. The number of amides is 1. The lowest BCUT2D eigenvalue weighted by atomic mass is 10.1. The molecule has 0 saturated heterocycles. The Bertz CT molecular complexity index is 682. The van der Waals surface area contributed by atoms with Gasteiger partial charge in [-0.05, 0) is 30.7 Å². The number of thiophene rings is 1. The van der Waals surface area contributed by atoms with Crippen LogP contribution in [-0.2, 0) is 0 Å². The van der Waals surface area contributed by atoms with Crippen LogP contribution in [0.4, 0.5) is 0 Å². The molecule has 0 bridgehead atoms. The average molecular weight is 320 g/mol. The molecule has 1 aromatic carbocycles. The molecule has 0 fully saturated rings. The summed E-state index contributed by atoms with van der Waals surface area (Å²) >= 11 is 7.23. The van der Waals surface area contributed by atoms with Crippen LogP contribution in [0.3, 0.4) is 0 Å². The number of nitrogens with one attached hydrogen (secondary N) is 1. The first kappa shape index (κ1) is 15.6. The molecule has 2 N–H and O–H groups in total. The standard InChI is InChI=1S/C16H14ClNO2S/c1-11(12-4-6-14(17)7-5-12)18-16(20)13-9-15(21-10-13)3-2-8-19/h4-7,9-11,19H,8H2,1H3,(H,18,20). The van der Waals surface area contributed by atoms with Gasteiger partial charge >= 0.3 is 0 Å². The van der Waals surface area contributed by atoms with Gasteiger partial charge in [-0.3, -0.25) is 4.79 Å². The first-order valence-corrected chi connectivity index (χ1v) is 7.60. The van der Waals surface area contributed by atoms with E-state index in [2.05, 4.69) is 17.2 Å². The van der Waals surface area contributed by atoms with E-state index in [9.17, 15) is 4.79 Å². The zero-order valence-corrected chi connectivity index (χ0v) is 13.0. The van der Waals surface area contributed by atoms with Crippen molar-refractivity contribution >= 4 is 28.8 Å². The molecule has 2 rings (SSSR count). The van der Waals surface area contributed by atoms with Crippen LogP contribution in [0.1, 0.15) is 33.8 Å². The Morgan fingerprint density at radius 2 is 2.14 bits per heavy atom. The van der Waals surface area contributed by atoms with Gasteiger partial charge in [0.2, 0.25) is 0 Å². The van der Waals surface area contributed by atoms with Crippen LogP contribution in [0.2, 0.25) is 5.02 Å². The summed E-state index contributed by atoms with van der Waals surface area (Å²) in [5.41, 5.74) is 1.56. The van der Waals surface area contributed by atoms with E-state index in [1.165, 1.54) is 11.3 Å². The molecule has 0 aliphatic carbocycles. The molecule has 1 atom stereocenters. The van der Waals surface area contributed by atoms with Gasteiger partial charge in [0.05, 0.1) is 16.5 Å². The second kappa shape index (κ2) is 7.28. The highest BCUT2D eigenvalue weighted by Crippen LogP contribution is 2.18. The summed E-state index contributed by atoms with van der Waals surface area (Å²) in [6.07, 6.45) is 0. The number of aliphatic hydroxyl groups is 1. The second-order valence-corrected chi connectivity index (χ2v) is 5.75. The van der Waals surface area contributed by atoms with Gasteiger partial charge in [0.15, 0.2) is 0 Å².